The van der Waals surface area contributed by atoms with Crippen LogP contribution in [0.25, 0.3) is 0 Å². The van der Waals surface area contributed by atoms with Crippen molar-refractivity contribution in [2.75, 3.05) is 12.4 Å². The van der Waals surface area contributed by atoms with Crippen molar-refractivity contribution in [3.63, 3.8) is 0 Å². The van der Waals surface area contributed by atoms with E-state index < -0.39 is 10.1 Å². The first-order valence-corrected chi connectivity index (χ1v) is 5.15. The summed E-state index contributed by atoms with van der Waals surface area (Å²) in [6, 6.07) is 4.77. The van der Waals surface area contributed by atoms with Gasteiger partial charge in [0.2, 0.25) is 0 Å². The second-order valence-corrected chi connectivity index (χ2v) is 4.10. The molecule has 5 heteroatoms. The second-order valence-electron chi connectivity index (χ2n) is 2.71. The number of hydrogen-bond donors (Lipinski definition) is 2. The minimum Gasteiger partial charge on any atom is -0.388 e. The zero-order chi connectivity index (χ0) is 10.1. The van der Waals surface area contributed by atoms with Gasteiger partial charge in [-0.3, -0.25) is 4.55 Å². The smallest absolute Gasteiger partial charge is 0.294 e. The van der Waals surface area contributed by atoms with Gasteiger partial charge in [0.25, 0.3) is 10.1 Å². The first-order valence-electron chi connectivity index (χ1n) is 3.71. The summed E-state index contributed by atoms with van der Waals surface area (Å²) in [5.74, 6) is 0. The molecule has 0 spiro atoms. The molecule has 0 heterocycles. The van der Waals surface area contributed by atoms with Gasteiger partial charge in [-0.15, -0.1) is 0 Å². The maximum absolute atomic E-state index is 10.8. The SMILES string of the molecule is CNc1ccc(C)c(S(=O)(=O)O)c1. The van der Waals surface area contributed by atoms with E-state index in [0.29, 0.717) is 11.3 Å². The molecule has 1 aromatic rings. The Morgan fingerprint density at radius 1 is 1.38 bits per heavy atom. The summed E-state index contributed by atoms with van der Waals surface area (Å²) in [4.78, 5) is -0.0562. The van der Waals surface area contributed by atoms with Crippen LogP contribution in [-0.4, -0.2) is 20.0 Å². The van der Waals surface area contributed by atoms with E-state index >= 15 is 0 Å². The van der Waals surface area contributed by atoms with Crippen LogP contribution in [0.3, 0.4) is 0 Å². The van der Waals surface area contributed by atoms with E-state index in [0.717, 1.165) is 0 Å². The third kappa shape index (κ3) is 2.19. The highest BCUT2D eigenvalue weighted by Gasteiger charge is 2.12. The number of rotatable bonds is 2. The molecular formula is C8H11NO3S. The van der Waals surface area contributed by atoms with Crippen molar-refractivity contribution in [1.29, 1.82) is 0 Å². The summed E-state index contributed by atoms with van der Waals surface area (Å²) in [7, 11) is -2.43. The highest BCUT2D eigenvalue weighted by molar-refractivity contribution is 7.85. The molecule has 0 amide bonds. The number of benzene rings is 1. The summed E-state index contributed by atoms with van der Waals surface area (Å²) in [6.45, 7) is 1.63. The lowest BCUT2D eigenvalue weighted by Gasteiger charge is -2.05. The molecule has 0 aliphatic rings. The lowest BCUT2D eigenvalue weighted by Crippen LogP contribution is -2.01. The summed E-state index contributed by atoms with van der Waals surface area (Å²) in [5.41, 5.74) is 1.18. The van der Waals surface area contributed by atoms with Gasteiger partial charge < -0.3 is 5.32 Å². The van der Waals surface area contributed by atoms with Crippen molar-refractivity contribution < 1.29 is 13.0 Å². The minimum atomic E-state index is -4.11. The Morgan fingerprint density at radius 3 is 2.46 bits per heavy atom. The fourth-order valence-electron chi connectivity index (χ4n) is 1.03. The molecule has 2 N–H and O–H groups in total. The van der Waals surface area contributed by atoms with E-state index in [1.807, 2.05) is 0 Å². The average molecular weight is 201 g/mol. The molecule has 1 rings (SSSR count). The van der Waals surface area contributed by atoms with Gasteiger partial charge in [0.15, 0.2) is 0 Å². The van der Waals surface area contributed by atoms with E-state index in [2.05, 4.69) is 5.32 Å². The normalized spacial score (nSPS) is 11.3. The van der Waals surface area contributed by atoms with Crippen molar-refractivity contribution >= 4 is 15.8 Å². The van der Waals surface area contributed by atoms with Gasteiger partial charge in [0.05, 0.1) is 4.90 Å². The summed E-state index contributed by atoms with van der Waals surface area (Å²) in [6.07, 6.45) is 0. The number of anilines is 1. The van der Waals surface area contributed by atoms with E-state index in [9.17, 15) is 8.42 Å². The van der Waals surface area contributed by atoms with Crippen LogP contribution in [0.4, 0.5) is 5.69 Å². The standard InChI is InChI=1S/C8H11NO3S/c1-6-3-4-7(9-2)5-8(6)13(10,11)12/h3-5,9H,1-2H3,(H,10,11,12). The Morgan fingerprint density at radius 2 is 2.00 bits per heavy atom. The van der Waals surface area contributed by atoms with Crippen molar-refractivity contribution in [1.82, 2.24) is 0 Å². The van der Waals surface area contributed by atoms with Crippen LogP contribution in [0.15, 0.2) is 23.1 Å². The van der Waals surface area contributed by atoms with E-state index in [1.165, 1.54) is 6.07 Å². The first kappa shape index (κ1) is 10.0. The van der Waals surface area contributed by atoms with E-state index in [4.69, 9.17) is 4.55 Å². The average Bonchev–Trinajstić information content (AvgIpc) is 2.03. The van der Waals surface area contributed by atoms with Crippen molar-refractivity contribution in [3.05, 3.63) is 23.8 Å². The van der Waals surface area contributed by atoms with E-state index in [1.54, 1.807) is 26.1 Å². The maximum Gasteiger partial charge on any atom is 0.294 e. The van der Waals surface area contributed by atoms with Crippen molar-refractivity contribution in [2.45, 2.75) is 11.8 Å². The van der Waals surface area contributed by atoms with Gasteiger partial charge in [0.1, 0.15) is 0 Å². The molecule has 0 unspecified atom stereocenters. The van der Waals surface area contributed by atoms with Crippen LogP contribution < -0.4 is 5.32 Å². The van der Waals surface area contributed by atoms with Gasteiger partial charge in [-0.2, -0.15) is 8.42 Å². The Balaban J connectivity index is 3.36. The number of hydrogen-bond acceptors (Lipinski definition) is 3. The Hall–Kier alpha value is -1.07. The topological polar surface area (TPSA) is 66.4 Å². The van der Waals surface area contributed by atoms with E-state index in [-0.39, 0.29) is 4.90 Å². The quantitative estimate of drug-likeness (QED) is 0.707. The molecule has 13 heavy (non-hydrogen) atoms. The highest BCUT2D eigenvalue weighted by atomic mass is 32.2. The van der Waals surface area contributed by atoms with Gasteiger partial charge in [0, 0.05) is 12.7 Å². The molecule has 0 aliphatic carbocycles. The molecule has 0 bridgehead atoms. The molecule has 0 radical (unpaired) electrons. The predicted molar refractivity (Wildman–Crippen MR) is 50.5 cm³/mol. The first-order chi connectivity index (χ1) is 5.95. The maximum atomic E-state index is 10.8. The van der Waals surface area contributed by atoms with Crippen LogP contribution in [0.2, 0.25) is 0 Å². The van der Waals surface area contributed by atoms with Crippen LogP contribution in [0.5, 0.6) is 0 Å². The van der Waals surface area contributed by atoms with Crippen molar-refractivity contribution in [2.24, 2.45) is 0 Å². The van der Waals surface area contributed by atoms with Crippen LogP contribution in [0.1, 0.15) is 5.56 Å². The lowest BCUT2D eigenvalue weighted by molar-refractivity contribution is 0.482. The molecular weight excluding hydrogens is 190 g/mol. The van der Waals surface area contributed by atoms with Gasteiger partial charge in [-0.05, 0) is 24.6 Å². The Bertz CT molecular complexity index is 411. The summed E-state index contributed by atoms with van der Waals surface area (Å²) in [5, 5.41) is 2.79. The zero-order valence-electron chi connectivity index (χ0n) is 7.40. The van der Waals surface area contributed by atoms with Gasteiger partial charge in [-0.25, -0.2) is 0 Å². The van der Waals surface area contributed by atoms with Crippen molar-refractivity contribution in [3.8, 4) is 0 Å². The minimum absolute atomic E-state index is 0.0562. The molecule has 0 aliphatic heterocycles. The Kier molecular flexibility index (Phi) is 2.58. The molecule has 72 valence electrons. The fraction of sp³-hybridized carbons (Fsp3) is 0.250. The predicted octanol–water partition coefficient (Wildman–Crippen LogP) is 1.28. The summed E-state index contributed by atoms with van der Waals surface area (Å²) < 4.78 is 30.5. The molecule has 0 atom stereocenters. The monoisotopic (exact) mass is 201 g/mol. The van der Waals surface area contributed by atoms with Crippen LogP contribution >= 0.6 is 0 Å². The second kappa shape index (κ2) is 3.35. The molecule has 0 aromatic heterocycles. The van der Waals surface area contributed by atoms with Gasteiger partial charge in [-0.1, -0.05) is 6.07 Å². The van der Waals surface area contributed by atoms with Crippen LogP contribution in [-0.2, 0) is 10.1 Å². The zero-order valence-corrected chi connectivity index (χ0v) is 8.22. The fourth-order valence-corrected chi connectivity index (χ4v) is 1.78. The largest absolute Gasteiger partial charge is 0.388 e. The molecule has 0 fully saturated rings. The third-order valence-corrected chi connectivity index (χ3v) is 2.75. The Labute approximate surface area is 77.3 Å². The van der Waals surface area contributed by atoms with Gasteiger partial charge >= 0.3 is 0 Å². The third-order valence-electron chi connectivity index (χ3n) is 1.75. The number of nitrogens with one attached hydrogen (secondary N) is 1. The summed E-state index contributed by atoms with van der Waals surface area (Å²) >= 11 is 0. The lowest BCUT2D eigenvalue weighted by atomic mass is 10.2. The highest BCUT2D eigenvalue weighted by Crippen LogP contribution is 2.19. The molecule has 0 saturated heterocycles. The van der Waals surface area contributed by atoms with Crippen LogP contribution in [0, 0.1) is 6.92 Å². The molecule has 1 aromatic carbocycles. The molecule has 4 nitrogen and oxygen atoms in total. The number of aryl methyl sites for hydroxylation is 1. The molecule has 0 saturated carbocycles.